The molecule has 0 fully saturated rings. The third-order valence-electron chi connectivity index (χ3n) is 3.60. The monoisotopic (exact) mass is 341 g/mol. The summed E-state index contributed by atoms with van der Waals surface area (Å²) >= 11 is 0. The van der Waals surface area contributed by atoms with Gasteiger partial charge < -0.3 is 20.1 Å². The van der Waals surface area contributed by atoms with E-state index in [9.17, 15) is 0 Å². The van der Waals surface area contributed by atoms with E-state index in [0.29, 0.717) is 19.8 Å². The minimum absolute atomic E-state index is 0.578. The molecule has 5 heteroatoms. The topological polar surface area (TPSA) is 54.9 Å². The number of nitrogens with one attached hydrogen (secondary N) is 2. The second-order valence-corrected chi connectivity index (χ2v) is 5.47. The third kappa shape index (κ3) is 7.27. The van der Waals surface area contributed by atoms with Crippen molar-refractivity contribution in [1.82, 2.24) is 10.6 Å². The van der Waals surface area contributed by atoms with Gasteiger partial charge in [-0.25, -0.2) is 0 Å². The summed E-state index contributed by atoms with van der Waals surface area (Å²) in [5.41, 5.74) is 2.33. The Morgan fingerprint density at radius 3 is 2.40 bits per heavy atom. The Morgan fingerprint density at radius 1 is 0.960 bits per heavy atom. The summed E-state index contributed by atoms with van der Waals surface area (Å²) in [4.78, 5) is 4.20. The number of nitrogens with zero attached hydrogens (tertiary/aromatic N) is 1. The molecule has 5 nitrogen and oxygen atoms in total. The van der Waals surface area contributed by atoms with Crippen molar-refractivity contribution in [3.8, 4) is 5.75 Å². The number of guanidine groups is 1. The van der Waals surface area contributed by atoms with Crippen LogP contribution in [0.25, 0.3) is 0 Å². The minimum atomic E-state index is 0.578. The molecule has 0 heterocycles. The molecule has 0 spiro atoms. The normalized spacial score (nSPS) is 11.2. The van der Waals surface area contributed by atoms with E-state index >= 15 is 0 Å². The summed E-state index contributed by atoms with van der Waals surface area (Å²) in [6, 6.07) is 18.2. The van der Waals surface area contributed by atoms with Gasteiger partial charge in [0.2, 0.25) is 0 Å². The number of rotatable bonds is 9. The lowest BCUT2D eigenvalue weighted by atomic mass is 10.2. The van der Waals surface area contributed by atoms with Crippen molar-refractivity contribution in [3.63, 3.8) is 0 Å². The number of aliphatic imine (C=N–C) groups is 1. The molecule has 0 aliphatic carbocycles. The fraction of sp³-hybridized carbons (Fsp3) is 0.350. The molecular formula is C20H27N3O2. The van der Waals surface area contributed by atoms with Crippen molar-refractivity contribution in [2.24, 2.45) is 4.99 Å². The highest BCUT2D eigenvalue weighted by Crippen LogP contribution is 2.14. The molecule has 0 aliphatic heterocycles. The van der Waals surface area contributed by atoms with Crippen LogP contribution < -0.4 is 15.4 Å². The van der Waals surface area contributed by atoms with E-state index in [-0.39, 0.29) is 0 Å². The number of ether oxygens (including phenoxy) is 2. The van der Waals surface area contributed by atoms with Crippen LogP contribution in [0.15, 0.2) is 59.6 Å². The van der Waals surface area contributed by atoms with Gasteiger partial charge in [0.05, 0.1) is 6.61 Å². The molecule has 0 aliphatic rings. The van der Waals surface area contributed by atoms with Gasteiger partial charge in [-0.2, -0.15) is 0 Å². The molecule has 0 saturated carbocycles. The lowest BCUT2D eigenvalue weighted by Crippen LogP contribution is -2.38. The Bertz CT molecular complexity index is 627. The average Bonchev–Trinajstić information content (AvgIpc) is 2.67. The maximum Gasteiger partial charge on any atom is 0.191 e. The third-order valence-corrected chi connectivity index (χ3v) is 3.60. The lowest BCUT2D eigenvalue weighted by molar-refractivity contribution is 0.152. The number of benzene rings is 2. The van der Waals surface area contributed by atoms with E-state index in [1.807, 2.05) is 37.3 Å². The summed E-state index contributed by atoms with van der Waals surface area (Å²) in [5.74, 6) is 1.64. The van der Waals surface area contributed by atoms with Gasteiger partial charge >= 0.3 is 0 Å². The van der Waals surface area contributed by atoms with Gasteiger partial charge in [-0.1, -0.05) is 42.5 Å². The van der Waals surface area contributed by atoms with E-state index in [2.05, 4.69) is 39.9 Å². The van der Waals surface area contributed by atoms with Gasteiger partial charge in [-0.3, -0.25) is 4.99 Å². The van der Waals surface area contributed by atoms with Crippen LogP contribution in [0.4, 0.5) is 0 Å². The molecule has 25 heavy (non-hydrogen) atoms. The van der Waals surface area contributed by atoms with Gasteiger partial charge in [-0.05, 0) is 30.2 Å². The van der Waals surface area contributed by atoms with Crippen LogP contribution >= 0.6 is 0 Å². The van der Waals surface area contributed by atoms with Crippen molar-refractivity contribution in [3.05, 3.63) is 65.7 Å². The van der Waals surface area contributed by atoms with Crippen molar-refractivity contribution in [2.45, 2.75) is 20.1 Å². The maximum atomic E-state index is 5.80. The van der Waals surface area contributed by atoms with Crippen LogP contribution in [-0.2, 0) is 17.9 Å². The van der Waals surface area contributed by atoms with Crippen molar-refractivity contribution >= 4 is 5.96 Å². The molecule has 2 rings (SSSR count). The molecule has 2 N–H and O–H groups in total. The SMILES string of the molecule is CCOCCNC(=NC)NCc1ccc(OCc2ccccc2)cc1. The second kappa shape index (κ2) is 11.1. The van der Waals surface area contributed by atoms with Gasteiger partial charge in [0, 0.05) is 26.7 Å². The fourth-order valence-electron chi connectivity index (χ4n) is 2.24. The van der Waals surface area contributed by atoms with Crippen molar-refractivity contribution in [1.29, 1.82) is 0 Å². The number of hydrogen-bond donors (Lipinski definition) is 2. The first-order valence-electron chi connectivity index (χ1n) is 8.59. The standard InChI is InChI=1S/C20H27N3O2/c1-3-24-14-13-22-20(21-2)23-15-17-9-11-19(12-10-17)25-16-18-7-5-4-6-8-18/h4-12H,3,13-16H2,1-2H3,(H2,21,22,23). The van der Waals surface area contributed by atoms with Crippen LogP contribution in [0.2, 0.25) is 0 Å². The van der Waals surface area contributed by atoms with Crippen LogP contribution in [0.1, 0.15) is 18.1 Å². The molecule has 2 aromatic carbocycles. The largest absolute Gasteiger partial charge is 0.489 e. The first kappa shape index (κ1) is 18.8. The summed E-state index contributed by atoms with van der Waals surface area (Å²) in [6.07, 6.45) is 0. The van der Waals surface area contributed by atoms with Crippen LogP contribution in [0, 0.1) is 0 Å². The average molecular weight is 341 g/mol. The summed E-state index contributed by atoms with van der Waals surface area (Å²) in [7, 11) is 1.76. The first-order valence-corrected chi connectivity index (χ1v) is 8.59. The Morgan fingerprint density at radius 2 is 1.72 bits per heavy atom. The van der Waals surface area contributed by atoms with Gasteiger partial charge in [0.15, 0.2) is 5.96 Å². The van der Waals surface area contributed by atoms with Crippen molar-refractivity contribution < 1.29 is 9.47 Å². The molecule has 0 amide bonds. The molecule has 0 saturated heterocycles. The zero-order chi connectivity index (χ0) is 17.7. The van der Waals surface area contributed by atoms with E-state index in [1.54, 1.807) is 7.05 Å². The highest BCUT2D eigenvalue weighted by atomic mass is 16.5. The second-order valence-electron chi connectivity index (χ2n) is 5.47. The Kier molecular flexibility index (Phi) is 8.35. The van der Waals surface area contributed by atoms with Crippen LogP contribution in [-0.4, -0.2) is 32.8 Å². The van der Waals surface area contributed by atoms with E-state index < -0.39 is 0 Å². The van der Waals surface area contributed by atoms with Crippen LogP contribution in [0.5, 0.6) is 5.75 Å². The zero-order valence-electron chi connectivity index (χ0n) is 15.0. The van der Waals surface area contributed by atoms with Gasteiger partial charge in [0.25, 0.3) is 0 Å². The quantitative estimate of drug-likeness (QED) is 0.418. The number of hydrogen-bond acceptors (Lipinski definition) is 3. The highest BCUT2D eigenvalue weighted by Gasteiger charge is 2.00. The Balaban J connectivity index is 1.74. The van der Waals surface area contributed by atoms with Gasteiger partial charge in [-0.15, -0.1) is 0 Å². The van der Waals surface area contributed by atoms with E-state index in [1.165, 1.54) is 5.56 Å². The molecule has 0 aromatic heterocycles. The molecule has 134 valence electrons. The lowest BCUT2D eigenvalue weighted by Gasteiger charge is -2.12. The Labute approximate surface area is 150 Å². The molecule has 0 unspecified atom stereocenters. The van der Waals surface area contributed by atoms with E-state index in [4.69, 9.17) is 9.47 Å². The Hall–Kier alpha value is -2.53. The van der Waals surface area contributed by atoms with Crippen molar-refractivity contribution in [2.75, 3.05) is 26.8 Å². The minimum Gasteiger partial charge on any atom is -0.489 e. The summed E-state index contributed by atoms with van der Waals surface area (Å²) < 4.78 is 11.1. The fourth-order valence-corrected chi connectivity index (χ4v) is 2.24. The molecule has 0 radical (unpaired) electrons. The molecular weight excluding hydrogens is 314 g/mol. The highest BCUT2D eigenvalue weighted by molar-refractivity contribution is 5.79. The smallest absolute Gasteiger partial charge is 0.191 e. The first-order chi connectivity index (χ1) is 12.3. The van der Waals surface area contributed by atoms with E-state index in [0.717, 1.165) is 30.4 Å². The van der Waals surface area contributed by atoms with Gasteiger partial charge in [0.1, 0.15) is 12.4 Å². The predicted molar refractivity (Wildman–Crippen MR) is 102 cm³/mol. The predicted octanol–water partition coefficient (Wildman–Crippen LogP) is 2.97. The maximum absolute atomic E-state index is 5.80. The molecule has 0 bridgehead atoms. The zero-order valence-corrected chi connectivity index (χ0v) is 15.0. The van der Waals surface area contributed by atoms with Crippen LogP contribution in [0.3, 0.4) is 0 Å². The summed E-state index contributed by atoms with van der Waals surface area (Å²) in [5, 5.41) is 6.50. The molecule has 2 aromatic rings. The molecule has 0 atom stereocenters. The summed E-state index contributed by atoms with van der Waals surface area (Å²) in [6.45, 7) is 5.40.